The number of ether oxygens (including phenoxy) is 1. The van der Waals surface area contributed by atoms with Crippen molar-refractivity contribution >= 4 is 18.0 Å². The van der Waals surface area contributed by atoms with Gasteiger partial charge < -0.3 is 9.64 Å². The Kier molecular flexibility index (Phi) is 6.15. The topological polar surface area (TPSA) is 70.4 Å². The van der Waals surface area contributed by atoms with Crippen LogP contribution in [-0.4, -0.2) is 37.5 Å². The molecule has 0 aliphatic rings. The predicted molar refractivity (Wildman–Crippen MR) is 79.2 cm³/mol. The molecule has 0 radical (unpaired) electrons. The minimum atomic E-state index is -0.396. The maximum absolute atomic E-state index is 11.8. The van der Waals surface area contributed by atoms with E-state index in [0.29, 0.717) is 12.1 Å². The van der Waals surface area contributed by atoms with Crippen molar-refractivity contribution in [3.05, 3.63) is 41.5 Å². The Morgan fingerprint density at radius 3 is 2.52 bits per heavy atom. The van der Waals surface area contributed by atoms with Crippen LogP contribution in [-0.2, 0) is 9.53 Å². The average Bonchev–Trinajstić information content (AvgIpc) is 2.51. The Balaban J connectivity index is 2.66. The van der Waals surface area contributed by atoms with Crippen LogP contribution in [0.4, 0.5) is 0 Å². The monoisotopic (exact) mass is 286 g/mol. The first kappa shape index (κ1) is 16.4. The van der Waals surface area contributed by atoms with E-state index in [1.165, 1.54) is 18.1 Å². The van der Waals surface area contributed by atoms with Crippen molar-refractivity contribution in [2.45, 2.75) is 6.92 Å². The number of carbonyl (C=O) groups is 2. The van der Waals surface area contributed by atoms with Crippen molar-refractivity contribution < 1.29 is 14.3 Å². The molecule has 1 rings (SSSR count). The number of amides is 1. The van der Waals surface area contributed by atoms with Gasteiger partial charge in [0.05, 0.1) is 24.7 Å². The second-order valence-corrected chi connectivity index (χ2v) is 4.70. The van der Waals surface area contributed by atoms with E-state index in [1.807, 2.05) is 0 Å². The lowest BCUT2D eigenvalue weighted by Gasteiger charge is -2.15. The molecule has 0 bridgehead atoms. The van der Waals surface area contributed by atoms with Gasteiger partial charge in [-0.05, 0) is 30.7 Å². The van der Waals surface area contributed by atoms with Crippen molar-refractivity contribution in [3.63, 3.8) is 0 Å². The Morgan fingerprint density at radius 1 is 1.38 bits per heavy atom. The van der Waals surface area contributed by atoms with E-state index in [9.17, 15) is 9.59 Å². The molecule has 110 valence electrons. The van der Waals surface area contributed by atoms with Gasteiger partial charge in [0.1, 0.15) is 0 Å². The first-order chi connectivity index (χ1) is 9.97. The van der Waals surface area contributed by atoms with Crippen LogP contribution in [0.25, 0.3) is 6.08 Å². The molecular formula is C16H18N2O3. The molecule has 1 atom stereocenters. The second kappa shape index (κ2) is 7.85. The minimum Gasteiger partial charge on any atom is -0.465 e. The highest BCUT2D eigenvalue weighted by Crippen LogP contribution is 2.08. The molecule has 5 heteroatoms. The minimum absolute atomic E-state index is 0.172. The molecular weight excluding hydrogens is 268 g/mol. The summed E-state index contributed by atoms with van der Waals surface area (Å²) in [6, 6.07) is 8.82. The molecule has 21 heavy (non-hydrogen) atoms. The average molecular weight is 286 g/mol. The Morgan fingerprint density at radius 2 is 2.00 bits per heavy atom. The number of nitrogens with zero attached hydrogens (tertiary/aromatic N) is 2. The van der Waals surface area contributed by atoms with Crippen molar-refractivity contribution in [2.75, 3.05) is 20.7 Å². The van der Waals surface area contributed by atoms with E-state index >= 15 is 0 Å². The fraction of sp³-hybridized carbons (Fsp3) is 0.312. The number of methoxy groups -OCH3 is 1. The predicted octanol–water partition coefficient (Wildman–Crippen LogP) is 2.10. The van der Waals surface area contributed by atoms with E-state index in [4.69, 9.17) is 5.26 Å². The highest BCUT2D eigenvalue weighted by molar-refractivity contribution is 5.92. The third-order valence-electron chi connectivity index (χ3n) is 2.89. The summed E-state index contributed by atoms with van der Waals surface area (Å²) in [6.45, 7) is 2.15. The van der Waals surface area contributed by atoms with Crippen LogP contribution >= 0.6 is 0 Å². The molecule has 0 N–H and O–H groups in total. The van der Waals surface area contributed by atoms with Crippen molar-refractivity contribution in [1.82, 2.24) is 4.90 Å². The number of nitriles is 1. The zero-order valence-corrected chi connectivity index (χ0v) is 12.4. The summed E-state index contributed by atoms with van der Waals surface area (Å²) in [4.78, 5) is 24.6. The van der Waals surface area contributed by atoms with E-state index in [-0.39, 0.29) is 11.8 Å². The number of hydrogen-bond acceptors (Lipinski definition) is 4. The number of likely N-dealkylation sites (N-methyl/N-ethyl adjacent to an activating group) is 1. The number of carbonyl (C=O) groups excluding carboxylic acids is 2. The van der Waals surface area contributed by atoms with Crippen LogP contribution in [0.1, 0.15) is 22.8 Å². The van der Waals surface area contributed by atoms with Gasteiger partial charge in [0, 0.05) is 19.7 Å². The molecule has 0 aromatic heterocycles. The molecule has 1 amide bonds. The van der Waals surface area contributed by atoms with Crippen LogP contribution < -0.4 is 0 Å². The van der Waals surface area contributed by atoms with Gasteiger partial charge in [-0.3, -0.25) is 4.79 Å². The van der Waals surface area contributed by atoms with E-state index in [0.717, 1.165) is 5.56 Å². The SMILES string of the molecule is COC(=O)c1ccc(/C=C/C(=O)N(C)C[C@@H](C)C#N)cc1. The zero-order valence-electron chi connectivity index (χ0n) is 12.4. The van der Waals surface area contributed by atoms with E-state index in [1.54, 1.807) is 44.3 Å². The first-order valence-corrected chi connectivity index (χ1v) is 6.49. The van der Waals surface area contributed by atoms with Gasteiger partial charge in [-0.2, -0.15) is 5.26 Å². The Labute approximate surface area is 124 Å². The summed E-state index contributed by atoms with van der Waals surface area (Å²) in [5.41, 5.74) is 1.26. The van der Waals surface area contributed by atoms with Gasteiger partial charge in [0.2, 0.25) is 5.91 Å². The van der Waals surface area contributed by atoms with Gasteiger partial charge in [0.25, 0.3) is 0 Å². The highest BCUT2D eigenvalue weighted by atomic mass is 16.5. The number of hydrogen-bond donors (Lipinski definition) is 0. The normalized spacial score (nSPS) is 11.7. The lowest BCUT2D eigenvalue weighted by molar-refractivity contribution is -0.125. The lowest BCUT2D eigenvalue weighted by Crippen LogP contribution is -2.29. The number of rotatable bonds is 5. The second-order valence-electron chi connectivity index (χ2n) is 4.70. The first-order valence-electron chi connectivity index (χ1n) is 6.49. The van der Waals surface area contributed by atoms with E-state index in [2.05, 4.69) is 10.8 Å². The molecule has 1 aromatic carbocycles. The van der Waals surface area contributed by atoms with Gasteiger partial charge in [-0.25, -0.2) is 4.79 Å². The van der Waals surface area contributed by atoms with Gasteiger partial charge in [-0.1, -0.05) is 12.1 Å². The molecule has 5 nitrogen and oxygen atoms in total. The summed E-state index contributed by atoms with van der Waals surface area (Å²) in [5, 5.41) is 8.72. The van der Waals surface area contributed by atoms with Gasteiger partial charge in [-0.15, -0.1) is 0 Å². The molecule has 0 spiro atoms. The summed E-state index contributed by atoms with van der Waals surface area (Å²) < 4.78 is 4.61. The highest BCUT2D eigenvalue weighted by Gasteiger charge is 2.09. The van der Waals surface area contributed by atoms with Crippen LogP contribution in [0.15, 0.2) is 30.3 Å². The molecule has 0 unspecified atom stereocenters. The molecule has 0 fully saturated rings. The Hall–Kier alpha value is -2.61. The summed E-state index contributed by atoms with van der Waals surface area (Å²) in [5.74, 6) is -0.771. The van der Waals surface area contributed by atoms with Crippen LogP contribution in [0.3, 0.4) is 0 Å². The van der Waals surface area contributed by atoms with Crippen LogP contribution in [0, 0.1) is 17.2 Å². The number of benzene rings is 1. The van der Waals surface area contributed by atoms with Gasteiger partial charge in [0.15, 0.2) is 0 Å². The summed E-state index contributed by atoms with van der Waals surface area (Å²) in [6.07, 6.45) is 3.11. The van der Waals surface area contributed by atoms with Crippen LogP contribution in [0.2, 0.25) is 0 Å². The molecule has 0 saturated carbocycles. The third-order valence-corrected chi connectivity index (χ3v) is 2.89. The maximum atomic E-state index is 11.8. The quantitative estimate of drug-likeness (QED) is 0.614. The molecule has 0 heterocycles. The van der Waals surface area contributed by atoms with Crippen molar-refractivity contribution in [1.29, 1.82) is 5.26 Å². The summed E-state index contributed by atoms with van der Waals surface area (Å²) in [7, 11) is 2.98. The third kappa shape index (κ3) is 5.11. The summed E-state index contributed by atoms with van der Waals surface area (Å²) >= 11 is 0. The van der Waals surface area contributed by atoms with E-state index < -0.39 is 5.97 Å². The maximum Gasteiger partial charge on any atom is 0.337 e. The number of esters is 1. The molecule has 0 saturated heterocycles. The lowest BCUT2D eigenvalue weighted by atomic mass is 10.1. The van der Waals surface area contributed by atoms with Crippen LogP contribution in [0.5, 0.6) is 0 Å². The molecule has 1 aromatic rings. The smallest absolute Gasteiger partial charge is 0.337 e. The largest absolute Gasteiger partial charge is 0.465 e. The van der Waals surface area contributed by atoms with Gasteiger partial charge >= 0.3 is 5.97 Å². The molecule has 0 aliphatic carbocycles. The standard InChI is InChI=1S/C16H18N2O3/c1-12(10-17)11-18(2)15(19)9-6-13-4-7-14(8-5-13)16(20)21-3/h4-9,12H,11H2,1-3H3/b9-6+/t12-/m0/s1. The van der Waals surface area contributed by atoms with Crippen molar-refractivity contribution in [3.8, 4) is 6.07 Å². The van der Waals surface area contributed by atoms with Crippen molar-refractivity contribution in [2.24, 2.45) is 5.92 Å². The fourth-order valence-corrected chi connectivity index (χ4v) is 1.68. The zero-order chi connectivity index (χ0) is 15.8. The Bertz CT molecular complexity index is 570. The molecule has 0 aliphatic heterocycles. The fourth-order valence-electron chi connectivity index (χ4n) is 1.68.